The molecule has 2 saturated heterocycles. The van der Waals surface area contributed by atoms with Gasteiger partial charge in [0.05, 0.1) is 6.54 Å². The van der Waals surface area contributed by atoms with E-state index in [-0.39, 0.29) is 5.91 Å². The van der Waals surface area contributed by atoms with Crippen molar-refractivity contribution >= 4 is 5.91 Å². The fourth-order valence-electron chi connectivity index (χ4n) is 3.13. The second-order valence-electron chi connectivity index (χ2n) is 5.87. The summed E-state index contributed by atoms with van der Waals surface area (Å²) in [6.45, 7) is 7.63. The van der Waals surface area contributed by atoms with Gasteiger partial charge in [0, 0.05) is 19.6 Å². The fourth-order valence-corrected chi connectivity index (χ4v) is 3.13. The van der Waals surface area contributed by atoms with E-state index in [2.05, 4.69) is 15.1 Å². The Hall–Kier alpha value is -0.650. The Kier molecular flexibility index (Phi) is 6.07. The molecule has 2 fully saturated rings. The first-order valence-electron chi connectivity index (χ1n) is 7.69. The average molecular weight is 268 g/mol. The molecule has 0 spiro atoms. The fraction of sp³-hybridized carbons (Fsp3) is 0.929. The summed E-state index contributed by atoms with van der Waals surface area (Å²) >= 11 is 0. The Balaban J connectivity index is 1.60. The predicted octanol–water partition coefficient (Wildman–Crippen LogP) is -0.131. The van der Waals surface area contributed by atoms with E-state index in [0.29, 0.717) is 19.6 Å². The van der Waals surface area contributed by atoms with Crippen molar-refractivity contribution in [3.8, 4) is 0 Å². The zero-order valence-corrected chi connectivity index (χ0v) is 11.9. The molecule has 0 aromatic rings. The van der Waals surface area contributed by atoms with Crippen LogP contribution in [-0.4, -0.2) is 68.1 Å². The van der Waals surface area contributed by atoms with E-state index < -0.39 is 0 Å². The number of carbonyl (C=O) groups is 1. The van der Waals surface area contributed by atoms with Gasteiger partial charge in [-0.1, -0.05) is 0 Å². The van der Waals surface area contributed by atoms with Gasteiger partial charge in [-0.05, 0) is 57.8 Å². The molecule has 1 amide bonds. The Morgan fingerprint density at radius 2 is 1.79 bits per heavy atom. The van der Waals surface area contributed by atoms with Crippen molar-refractivity contribution in [2.45, 2.75) is 25.7 Å². The maximum Gasteiger partial charge on any atom is 0.234 e. The molecule has 3 N–H and O–H groups in total. The summed E-state index contributed by atoms with van der Waals surface area (Å²) in [5.41, 5.74) is 5.37. The van der Waals surface area contributed by atoms with Crippen molar-refractivity contribution in [2.24, 2.45) is 11.7 Å². The van der Waals surface area contributed by atoms with Crippen LogP contribution in [0.5, 0.6) is 0 Å². The third kappa shape index (κ3) is 5.09. The molecule has 0 atom stereocenters. The molecule has 0 saturated carbocycles. The zero-order valence-electron chi connectivity index (χ0n) is 11.9. The van der Waals surface area contributed by atoms with Gasteiger partial charge in [0.2, 0.25) is 5.91 Å². The first kappa shape index (κ1) is 14.8. The molecule has 0 unspecified atom stereocenters. The highest BCUT2D eigenvalue weighted by molar-refractivity contribution is 5.77. The van der Waals surface area contributed by atoms with E-state index in [0.717, 1.165) is 19.0 Å². The van der Waals surface area contributed by atoms with Gasteiger partial charge in [0.1, 0.15) is 0 Å². The van der Waals surface area contributed by atoms with E-state index in [9.17, 15) is 4.79 Å². The number of nitrogens with zero attached hydrogens (tertiary/aromatic N) is 2. The molecule has 110 valence electrons. The van der Waals surface area contributed by atoms with Crippen LogP contribution in [0.15, 0.2) is 0 Å². The van der Waals surface area contributed by atoms with Gasteiger partial charge in [-0.25, -0.2) is 0 Å². The molecule has 0 radical (unpaired) electrons. The van der Waals surface area contributed by atoms with Crippen LogP contribution < -0.4 is 11.1 Å². The number of rotatable bonds is 6. The number of hydrogen-bond donors (Lipinski definition) is 2. The lowest BCUT2D eigenvalue weighted by Crippen LogP contribution is -2.44. The van der Waals surface area contributed by atoms with E-state index in [1.807, 2.05) is 0 Å². The monoisotopic (exact) mass is 268 g/mol. The highest BCUT2D eigenvalue weighted by Crippen LogP contribution is 2.20. The molecule has 0 bridgehead atoms. The van der Waals surface area contributed by atoms with Gasteiger partial charge in [-0.2, -0.15) is 0 Å². The summed E-state index contributed by atoms with van der Waals surface area (Å²) in [6.07, 6.45) is 5.22. The number of hydrogen-bond acceptors (Lipinski definition) is 4. The molecule has 0 aliphatic carbocycles. The van der Waals surface area contributed by atoms with Crippen LogP contribution in [0.2, 0.25) is 0 Å². The van der Waals surface area contributed by atoms with Gasteiger partial charge in [-0.3, -0.25) is 9.69 Å². The Bertz CT molecular complexity index is 271. The van der Waals surface area contributed by atoms with Crippen LogP contribution in [0.3, 0.4) is 0 Å². The lowest BCUT2D eigenvalue weighted by Gasteiger charge is -2.33. The van der Waals surface area contributed by atoms with Crippen LogP contribution in [0.4, 0.5) is 0 Å². The summed E-state index contributed by atoms with van der Waals surface area (Å²) in [6, 6.07) is 0. The second kappa shape index (κ2) is 7.82. The molecule has 19 heavy (non-hydrogen) atoms. The third-order valence-electron chi connectivity index (χ3n) is 4.26. The molecule has 2 rings (SSSR count). The molecule has 0 aromatic carbocycles. The van der Waals surface area contributed by atoms with Crippen molar-refractivity contribution in [1.29, 1.82) is 0 Å². The van der Waals surface area contributed by atoms with Gasteiger partial charge < -0.3 is 16.0 Å². The van der Waals surface area contributed by atoms with E-state index in [4.69, 9.17) is 5.73 Å². The minimum atomic E-state index is 0.114. The summed E-state index contributed by atoms with van der Waals surface area (Å²) in [5.74, 6) is 0.949. The molecule has 2 aliphatic heterocycles. The number of piperidine rings is 1. The largest absolute Gasteiger partial charge is 0.354 e. The highest BCUT2D eigenvalue weighted by atomic mass is 16.2. The lowest BCUT2D eigenvalue weighted by molar-refractivity contribution is -0.122. The van der Waals surface area contributed by atoms with Crippen molar-refractivity contribution in [2.75, 3.05) is 52.4 Å². The SMILES string of the molecule is NCCNC(=O)CN1CCC(CN2CCCC2)CC1. The zero-order chi connectivity index (χ0) is 13.5. The Labute approximate surface area is 116 Å². The quantitative estimate of drug-likeness (QED) is 0.704. The van der Waals surface area contributed by atoms with Crippen LogP contribution in [0.1, 0.15) is 25.7 Å². The van der Waals surface area contributed by atoms with Gasteiger partial charge >= 0.3 is 0 Å². The van der Waals surface area contributed by atoms with Crippen LogP contribution in [0, 0.1) is 5.92 Å². The summed E-state index contributed by atoms with van der Waals surface area (Å²) in [7, 11) is 0. The summed E-state index contributed by atoms with van der Waals surface area (Å²) < 4.78 is 0. The standard InChI is InChI=1S/C14H28N4O/c15-5-6-16-14(19)12-18-9-3-13(4-10-18)11-17-7-1-2-8-17/h13H,1-12,15H2,(H,16,19). The normalized spacial score (nSPS) is 22.8. The summed E-state index contributed by atoms with van der Waals surface area (Å²) in [4.78, 5) is 16.5. The van der Waals surface area contributed by atoms with E-state index >= 15 is 0 Å². The highest BCUT2D eigenvalue weighted by Gasteiger charge is 2.23. The van der Waals surface area contributed by atoms with Crippen LogP contribution in [-0.2, 0) is 4.79 Å². The second-order valence-corrected chi connectivity index (χ2v) is 5.87. The first-order valence-corrected chi connectivity index (χ1v) is 7.69. The maximum atomic E-state index is 11.6. The molecule has 5 heteroatoms. The molecule has 2 heterocycles. The number of amides is 1. The molecular formula is C14H28N4O. The third-order valence-corrected chi connectivity index (χ3v) is 4.26. The predicted molar refractivity (Wildman–Crippen MR) is 76.9 cm³/mol. The smallest absolute Gasteiger partial charge is 0.234 e. The number of nitrogens with one attached hydrogen (secondary N) is 1. The van der Waals surface area contributed by atoms with Crippen molar-refractivity contribution in [1.82, 2.24) is 15.1 Å². The average Bonchev–Trinajstić information content (AvgIpc) is 2.91. The molecule has 5 nitrogen and oxygen atoms in total. The molecular weight excluding hydrogens is 240 g/mol. The van der Waals surface area contributed by atoms with Gasteiger partial charge in [0.25, 0.3) is 0 Å². The Morgan fingerprint density at radius 3 is 2.42 bits per heavy atom. The first-order chi connectivity index (χ1) is 9.28. The molecule has 2 aliphatic rings. The van der Waals surface area contributed by atoms with Crippen LogP contribution in [0.25, 0.3) is 0 Å². The van der Waals surface area contributed by atoms with E-state index in [1.54, 1.807) is 0 Å². The number of nitrogens with two attached hydrogens (primary N) is 1. The van der Waals surface area contributed by atoms with Gasteiger partial charge in [-0.15, -0.1) is 0 Å². The minimum Gasteiger partial charge on any atom is -0.354 e. The minimum absolute atomic E-state index is 0.114. The Morgan fingerprint density at radius 1 is 1.11 bits per heavy atom. The van der Waals surface area contributed by atoms with Crippen molar-refractivity contribution in [3.05, 3.63) is 0 Å². The van der Waals surface area contributed by atoms with E-state index in [1.165, 1.54) is 45.3 Å². The lowest BCUT2D eigenvalue weighted by atomic mass is 9.96. The topological polar surface area (TPSA) is 61.6 Å². The van der Waals surface area contributed by atoms with Crippen LogP contribution >= 0.6 is 0 Å². The van der Waals surface area contributed by atoms with Crippen molar-refractivity contribution < 1.29 is 4.79 Å². The molecule has 0 aromatic heterocycles. The van der Waals surface area contributed by atoms with Crippen molar-refractivity contribution in [3.63, 3.8) is 0 Å². The van der Waals surface area contributed by atoms with Gasteiger partial charge in [0.15, 0.2) is 0 Å². The maximum absolute atomic E-state index is 11.6. The number of carbonyl (C=O) groups excluding carboxylic acids is 1. The number of likely N-dealkylation sites (tertiary alicyclic amines) is 2. The summed E-state index contributed by atoms with van der Waals surface area (Å²) in [5, 5.41) is 2.84.